The number of nitrogens with zero attached hydrogens (tertiary/aromatic N) is 3. The molecule has 0 aliphatic carbocycles. The van der Waals surface area contributed by atoms with Gasteiger partial charge in [0.2, 0.25) is 0 Å². The number of aliphatic hydroxyl groups excluding tert-OH is 2. The lowest BCUT2D eigenvalue weighted by Gasteiger charge is -2.22. The first-order valence-electron chi connectivity index (χ1n) is 7.58. The maximum absolute atomic E-state index is 13.1. The highest BCUT2D eigenvalue weighted by Crippen LogP contribution is 2.30. The van der Waals surface area contributed by atoms with E-state index in [2.05, 4.69) is 10.2 Å². The number of aliphatic hydroxyl groups is 2. The van der Waals surface area contributed by atoms with E-state index in [4.69, 9.17) is 21.8 Å². The van der Waals surface area contributed by atoms with E-state index in [1.807, 2.05) is 0 Å². The Balaban J connectivity index is 2.21. The Hall–Kier alpha value is -2.07. The first kappa shape index (κ1) is 20.2. The summed E-state index contributed by atoms with van der Waals surface area (Å²) in [5.74, 6) is 0. The molecule has 0 saturated carbocycles. The average Bonchev–Trinajstić information content (AvgIpc) is 2.60. The molecule has 0 heterocycles. The van der Waals surface area contributed by atoms with Gasteiger partial charge in [-0.3, -0.25) is 0 Å². The monoisotopic (exact) mass is 401 g/mol. The summed E-state index contributed by atoms with van der Waals surface area (Å²) in [7, 11) is -4.86. The molecule has 0 radical (unpaired) electrons. The number of rotatable bonds is 8. The van der Waals surface area contributed by atoms with Crippen molar-refractivity contribution in [2.45, 2.75) is 4.90 Å². The summed E-state index contributed by atoms with van der Waals surface area (Å²) in [6, 6.07) is 10.1. The number of benzene rings is 2. The second kappa shape index (κ2) is 9.04. The van der Waals surface area contributed by atoms with Crippen LogP contribution in [0.15, 0.2) is 57.6 Å². The lowest BCUT2D eigenvalue weighted by Crippen LogP contribution is -2.29. The number of hydrogen-bond acceptors (Lipinski definition) is 7. The van der Waals surface area contributed by atoms with Crippen LogP contribution in [-0.2, 0) is 10.2 Å². The maximum atomic E-state index is 13.1. The highest BCUT2D eigenvalue weighted by Gasteiger charge is 2.14. The minimum absolute atomic E-state index is 0.0247. The van der Waals surface area contributed by atoms with Crippen molar-refractivity contribution in [3.05, 3.63) is 47.5 Å². The molecular weight excluding hydrogens is 385 g/mol. The molecule has 0 amide bonds. The average molecular weight is 402 g/mol. The van der Waals surface area contributed by atoms with Crippen molar-refractivity contribution in [1.82, 2.24) is 0 Å². The number of halogens is 2. The van der Waals surface area contributed by atoms with Crippen LogP contribution in [0.25, 0.3) is 0 Å². The number of hydrogen-bond donors (Lipinski definition) is 2. The van der Waals surface area contributed by atoms with E-state index >= 15 is 0 Å². The van der Waals surface area contributed by atoms with E-state index in [1.165, 1.54) is 6.07 Å². The normalized spacial score (nSPS) is 11.8. The third-order valence-corrected chi connectivity index (χ3v) is 4.56. The molecule has 0 aliphatic heterocycles. The molecule has 26 heavy (non-hydrogen) atoms. The standard InChI is InChI=1S/C16H17ClFN3O4S/c17-15-6-5-14(26(18,24)25)11-16(15)20-19-12-1-3-13(4-2-12)21(7-9-22)8-10-23/h1-6,11,22-23H,7-10H2. The quantitative estimate of drug-likeness (QED) is 0.522. The van der Waals surface area contributed by atoms with E-state index in [0.29, 0.717) is 18.8 Å². The zero-order valence-corrected chi connectivity index (χ0v) is 15.2. The molecule has 0 atom stereocenters. The zero-order chi connectivity index (χ0) is 19.2. The summed E-state index contributed by atoms with van der Waals surface area (Å²) in [6.07, 6.45) is 0. The lowest BCUT2D eigenvalue weighted by molar-refractivity contribution is 0.281. The van der Waals surface area contributed by atoms with Gasteiger partial charge in [-0.25, -0.2) is 0 Å². The van der Waals surface area contributed by atoms with Gasteiger partial charge in [-0.1, -0.05) is 11.6 Å². The molecule has 2 rings (SSSR count). The predicted molar refractivity (Wildman–Crippen MR) is 96.7 cm³/mol. The van der Waals surface area contributed by atoms with Gasteiger partial charge in [0.25, 0.3) is 0 Å². The third-order valence-electron chi connectivity index (χ3n) is 3.43. The Kier molecular flexibility index (Phi) is 7.04. The van der Waals surface area contributed by atoms with Gasteiger partial charge in [-0.05, 0) is 42.5 Å². The fraction of sp³-hybridized carbons (Fsp3) is 0.250. The Morgan fingerprint density at radius 3 is 2.15 bits per heavy atom. The molecule has 2 N–H and O–H groups in total. The van der Waals surface area contributed by atoms with E-state index < -0.39 is 15.1 Å². The highest BCUT2D eigenvalue weighted by atomic mass is 35.5. The molecule has 140 valence electrons. The van der Waals surface area contributed by atoms with Crippen LogP contribution in [0.5, 0.6) is 0 Å². The lowest BCUT2D eigenvalue weighted by atomic mass is 10.2. The maximum Gasteiger partial charge on any atom is 0.332 e. The molecule has 2 aromatic rings. The molecule has 7 nitrogen and oxygen atoms in total. The van der Waals surface area contributed by atoms with Gasteiger partial charge >= 0.3 is 10.2 Å². The van der Waals surface area contributed by atoms with Crippen molar-refractivity contribution >= 4 is 38.9 Å². The zero-order valence-electron chi connectivity index (χ0n) is 13.6. The van der Waals surface area contributed by atoms with Gasteiger partial charge in [0, 0.05) is 18.8 Å². The van der Waals surface area contributed by atoms with Crippen LogP contribution < -0.4 is 4.90 Å². The van der Waals surface area contributed by atoms with E-state index in [1.54, 1.807) is 29.2 Å². The van der Waals surface area contributed by atoms with Crippen molar-refractivity contribution in [2.24, 2.45) is 10.2 Å². The molecule has 0 aliphatic rings. The van der Waals surface area contributed by atoms with Crippen molar-refractivity contribution < 1.29 is 22.5 Å². The van der Waals surface area contributed by atoms with Crippen LogP contribution in [0.1, 0.15) is 0 Å². The minimum atomic E-state index is -4.86. The van der Waals surface area contributed by atoms with Gasteiger partial charge in [-0.15, -0.1) is 9.00 Å². The summed E-state index contributed by atoms with van der Waals surface area (Å²) in [5.41, 5.74) is 1.28. The molecule has 0 spiro atoms. The molecule has 0 fully saturated rings. The summed E-state index contributed by atoms with van der Waals surface area (Å²) < 4.78 is 35.0. The van der Waals surface area contributed by atoms with Crippen molar-refractivity contribution in [3.63, 3.8) is 0 Å². The fourth-order valence-electron chi connectivity index (χ4n) is 2.17. The first-order chi connectivity index (χ1) is 12.3. The molecular formula is C16H17ClFN3O4S. The van der Waals surface area contributed by atoms with E-state index in [9.17, 15) is 12.3 Å². The van der Waals surface area contributed by atoms with Crippen LogP contribution in [0, 0.1) is 0 Å². The summed E-state index contributed by atoms with van der Waals surface area (Å²) >= 11 is 5.92. The van der Waals surface area contributed by atoms with Crippen molar-refractivity contribution in [2.75, 3.05) is 31.2 Å². The Morgan fingerprint density at radius 2 is 1.62 bits per heavy atom. The predicted octanol–water partition coefficient (Wildman–Crippen LogP) is 3.20. The molecule has 2 aromatic carbocycles. The molecule has 0 aromatic heterocycles. The SMILES string of the molecule is O=S(=O)(F)c1ccc(Cl)c(N=Nc2ccc(N(CCO)CCO)cc2)c1. The number of azo groups is 1. The van der Waals surface area contributed by atoms with Crippen molar-refractivity contribution in [1.29, 1.82) is 0 Å². The minimum Gasteiger partial charge on any atom is -0.395 e. The topological polar surface area (TPSA) is 103 Å². The molecule has 10 heteroatoms. The van der Waals surface area contributed by atoms with Crippen LogP contribution in [-0.4, -0.2) is 44.9 Å². The second-order valence-corrected chi connectivity index (χ2v) is 6.96. The van der Waals surface area contributed by atoms with Gasteiger partial charge in [0.05, 0.1) is 23.9 Å². The highest BCUT2D eigenvalue weighted by molar-refractivity contribution is 7.86. The van der Waals surface area contributed by atoms with Crippen LogP contribution in [0.4, 0.5) is 20.9 Å². The number of anilines is 1. The third kappa shape index (κ3) is 5.46. The first-order valence-corrected chi connectivity index (χ1v) is 9.34. The van der Waals surface area contributed by atoms with Crippen LogP contribution in [0.2, 0.25) is 5.02 Å². The molecule has 0 saturated heterocycles. The summed E-state index contributed by atoms with van der Waals surface area (Å²) in [5, 5.41) is 26.1. The summed E-state index contributed by atoms with van der Waals surface area (Å²) in [4.78, 5) is 1.25. The molecule has 0 unspecified atom stereocenters. The Morgan fingerprint density at radius 1 is 1.00 bits per heavy atom. The van der Waals surface area contributed by atoms with E-state index in [-0.39, 0.29) is 23.9 Å². The van der Waals surface area contributed by atoms with E-state index in [0.717, 1.165) is 17.8 Å². The largest absolute Gasteiger partial charge is 0.395 e. The van der Waals surface area contributed by atoms with Crippen LogP contribution >= 0.6 is 11.6 Å². The smallest absolute Gasteiger partial charge is 0.332 e. The van der Waals surface area contributed by atoms with Gasteiger partial charge in [0.1, 0.15) is 10.6 Å². The summed E-state index contributed by atoms with van der Waals surface area (Å²) in [6.45, 7) is 0.657. The fourth-order valence-corrected chi connectivity index (χ4v) is 2.81. The Labute approximate surface area is 155 Å². The molecule has 0 bridgehead atoms. The van der Waals surface area contributed by atoms with Crippen molar-refractivity contribution in [3.8, 4) is 0 Å². The van der Waals surface area contributed by atoms with Gasteiger partial charge in [-0.2, -0.15) is 13.5 Å². The second-order valence-electron chi connectivity index (χ2n) is 5.20. The Bertz CT molecular complexity index is 870. The van der Waals surface area contributed by atoms with Gasteiger partial charge < -0.3 is 15.1 Å². The van der Waals surface area contributed by atoms with Crippen LogP contribution in [0.3, 0.4) is 0 Å². The van der Waals surface area contributed by atoms with Gasteiger partial charge in [0.15, 0.2) is 0 Å².